The van der Waals surface area contributed by atoms with Crippen molar-refractivity contribution in [2.75, 3.05) is 0 Å². The molecule has 4 heteroatoms. The van der Waals surface area contributed by atoms with E-state index in [0.29, 0.717) is 19.3 Å². The van der Waals surface area contributed by atoms with Crippen molar-refractivity contribution in [1.29, 1.82) is 0 Å². The first-order valence-electron chi connectivity index (χ1n) is 10.3. The van der Waals surface area contributed by atoms with Crippen molar-refractivity contribution in [2.45, 2.75) is 117 Å². The van der Waals surface area contributed by atoms with Crippen LogP contribution in [0.15, 0.2) is 0 Å². The molecule has 0 aliphatic heterocycles. The van der Waals surface area contributed by atoms with E-state index >= 15 is 0 Å². The van der Waals surface area contributed by atoms with E-state index in [1.807, 2.05) is 13.8 Å². The van der Waals surface area contributed by atoms with E-state index in [9.17, 15) is 15.2 Å². The number of rotatable bonds is 17. The number of carbonyl (C=O) groups excluding carboxylic acids is 1. The van der Waals surface area contributed by atoms with Crippen LogP contribution < -0.4 is 0 Å². The normalized spacial score (nSPS) is 14.1. The molecule has 0 rings (SSSR count). The van der Waals surface area contributed by atoms with Crippen molar-refractivity contribution in [2.24, 2.45) is 5.92 Å². The molecule has 0 aromatic carbocycles. The molecule has 0 spiro atoms. The monoisotopic (exact) mass is 343 g/mol. The summed E-state index contributed by atoms with van der Waals surface area (Å²) in [5, 5.41) is 18.7. The molecule has 144 valence electrons. The van der Waals surface area contributed by atoms with Crippen molar-refractivity contribution in [3.05, 3.63) is 0 Å². The summed E-state index contributed by atoms with van der Waals surface area (Å²) in [5.74, 6) is -0.0958. The predicted octanol–water partition coefficient (Wildman–Crippen LogP) is 6.14. The van der Waals surface area contributed by atoms with Gasteiger partial charge in [0.15, 0.2) is 0 Å². The third-order valence-electron chi connectivity index (χ3n) is 5.06. The number of hydrogen-bond donors (Lipinski definition) is 2. The Bertz CT molecular complexity index is 295. The van der Waals surface area contributed by atoms with Crippen molar-refractivity contribution >= 4 is 5.78 Å². The number of Topliss-reactive ketones (excluding diaryl/α,β-unsaturated/α-hetero) is 1. The Kier molecular flexibility index (Phi) is 15.7. The van der Waals surface area contributed by atoms with Crippen LogP contribution in [0.25, 0.3) is 0 Å². The summed E-state index contributed by atoms with van der Waals surface area (Å²) < 4.78 is 0. The summed E-state index contributed by atoms with van der Waals surface area (Å²) >= 11 is 0. The van der Waals surface area contributed by atoms with Crippen molar-refractivity contribution in [3.8, 4) is 0 Å². The van der Waals surface area contributed by atoms with Crippen molar-refractivity contribution in [1.82, 2.24) is 5.23 Å². The maximum Gasteiger partial charge on any atom is 0.137 e. The van der Waals surface area contributed by atoms with Gasteiger partial charge in [0.2, 0.25) is 0 Å². The molecule has 0 saturated carbocycles. The van der Waals surface area contributed by atoms with Crippen LogP contribution in [0.3, 0.4) is 0 Å². The van der Waals surface area contributed by atoms with Gasteiger partial charge in [0, 0.05) is 12.3 Å². The van der Waals surface area contributed by atoms with Gasteiger partial charge in [0.05, 0.1) is 6.04 Å². The molecule has 0 saturated heterocycles. The van der Waals surface area contributed by atoms with E-state index in [1.54, 1.807) is 0 Å². The maximum absolute atomic E-state index is 12.3. The fourth-order valence-corrected chi connectivity index (χ4v) is 3.47. The zero-order valence-electron chi connectivity index (χ0n) is 16.3. The second kappa shape index (κ2) is 16.0. The van der Waals surface area contributed by atoms with Crippen molar-refractivity contribution < 1.29 is 15.2 Å². The quantitative estimate of drug-likeness (QED) is 0.246. The number of hydrogen-bond acceptors (Lipinski definition) is 4. The highest BCUT2D eigenvalue weighted by Gasteiger charge is 2.28. The van der Waals surface area contributed by atoms with Gasteiger partial charge in [0.25, 0.3) is 0 Å². The van der Waals surface area contributed by atoms with Crippen LogP contribution in [-0.4, -0.2) is 27.5 Å². The Hall–Kier alpha value is -0.450. The zero-order chi connectivity index (χ0) is 18.2. The number of carbonyl (C=O) groups is 1. The molecule has 0 heterocycles. The molecule has 0 aromatic heterocycles. The van der Waals surface area contributed by atoms with Gasteiger partial charge in [-0.1, -0.05) is 90.2 Å². The third kappa shape index (κ3) is 11.2. The Morgan fingerprint density at radius 1 is 0.750 bits per heavy atom. The minimum atomic E-state index is -0.477. The average molecular weight is 344 g/mol. The van der Waals surface area contributed by atoms with Crippen LogP contribution in [-0.2, 0) is 4.79 Å². The van der Waals surface area contributed by atoms with Crippen LogP contribution in [0.5, 0.6) is 0 Å². The summed E-state index contributed by atoms with van der Waals surface area (Å²) in [7, 11) is 0. The Balaban J connectivity index is 3.67. The first-order chi connectivity index (χ1) is 11.6. The zero-order valence-corrected chi connectivity index (χ0v) is 16.3. The lowest BCUT2D eigenvalue weighted by atomic mass is 9.88. The predicted molar refractivity (Wildman–Crippen MR) is 99.4 cm³/mol. The second-order valence-corrected chi connectivity index (χ2v) is 7.06. The van der Waals surface area contributed by atoms with Crippen LogP contribution in [0.2, 0.25) is 0 Å². The molecule has 0 aliphatic rings. The topological polar surface area (TPSA) is 60.8 Å². The SMILES string of the molecule is CCCCCCCCCCCCCC(=O)C(CC)C(CC)N(O)O. The van der Waals surface area contributed by atoms with E-state index in [4.69, 9.17) is 0 Å². The molecule has 0 radical (unpaired) electrons. The summed E-state index contributed by atoms with van der Waals surface area (Å²) in [6.07, 6.45) is 15.8. The molecule has 2 unspecified atom stereocenters. The van der Waals surface area contributed by atoms with Gasteiger partial charge >= 0.3 is 0 Å². The van der Waals surface area contributed by atoms with Gasteiger partial charge in [-0.05, 0) is 19.3 Å². The van der Waals surface area contributed by atoms with Gasteiger partial charge in [0.1, 0.15) is 5.78 Å². The fraction of sp³-hybridized carbons (Fsp3) is 0.950. The van der Waals surface area contributed by atoms with Gasteiger partial charge < -0.3 is 0 Å². The Morgan fingerprint density at radius 2 is 1.21 bits per heavy atom. The number of ketones is 1. The summed E-state index contributed by atoms with van der Waals surface area (Å²) in [4.78, 5) is 12.3. The molecule has 2 N–H and O–H groups in total. The molecule has 2 atom stereocenters. The lowest BCUT2D eigenvalue weighted by molar-refractivity contribution is -0.338. The largest absolute Gasteiger partial charge is 0.299 e. The second-order valence-electron chi connectivity index (χ2n) is 7.06. The molecular weight excluding hydrogens is 302 g/mol. The van der Waals surface area contributed by atoms with Crippen molar-refractivity contribution in [3.63, 3.8) is 0 Å². The number of nitrogens with zero attached hydrogens (tertiary/aromatic N) is 1. The highest BCUT2D eigenvalue weighted by atomic mass is 16.8. The molecule has 0 amide bonds. The lowest BCUT2D eigenvalue weighted by Crippen LogP contribution is -2.39. The molecule has 0 bridgehead atoms. The standard InChI is InChI=1S/C20H41NO3/c1-4-7-8-9-10-11-12-13-14-15-16-17-20(22)18(5-2)19(6-3)21(23)24/h18-19,23-24H,4-17H2,1-3H3. The Morgan fingerprint density at radius 3 is 1.58 bits per heavy atom. The molecule has 0 aliphatic carbocycles. The third-order valence-corrected chi connectivity index (χ3v) is 5.06. The van der Waals surface area contributed by atoms with Gasteiger partial charge in [-0.25, -0.2) is 0 Å². The van der Waals surface area contributed by atoms with Gasteiger partial charge in [-0.3, -0.25) is 15.2 Å². The van der Waals surface area contributed by atoms with E-state index in [2.05, 4.69) is 6.92 Å². The minimum Gasteiger partial charge on any atom is -0.299 e. The molecule has 4 nitrogen and oxygen atoms in total. The van der Waals surface area contributed by atoms with Gasteiger partial charge in [-0.15, -0.1) is 0 Å². The first-order valence-corrected chi connectivity index (χ1v) is 10.3. The average Bonchev–Trinajstić information content (AvgIpc) is 2.56. The smallest absolute Gasteiger partial charge is 0.137 e. The summed E-state index contributed by atoms with van der Waals surface area (Å²) in [6.45, 7) is 6.07. The first kappa shape index (κ1) is 23.5. The van der Waals surface area contributed by atoms with Gasteiger partial charge in [-0.2, -0.15) is 0 Å². The molecule has 24 heavy (non-hydrogen) atoms. The Labute approximate surface area is 149 Å². The van der Waals surface area contributed by atoms with E-state index < -0.39 is 6.04 Å². The van der Waals surface area contributed by atoms with Crippen LogP contribution in [0, 0.1) is 5.92 Å². The summed E-state index contributed by atoms with van der Waals surface area (Å²) in [6, 6.07) is -0.477. The van der Waals surface area contributed by atoms with E-state index in [-0.39, 0.29) is 16.9 Å². The number of unbranched alkanes of at least 4 members (excludes halogenated alkanes) is 10. The highest BCUT2D eigenvalue weighted by Crippen LogP contribution is 2.20. The molecule has 0 fully saturated rings. The molecular formula is C20H41NO3. The molecule has 0 aromatic rings. The fourth-order valence-electron chi connectivity index (χ4n) is 3.47. The van der Waals surface area contributed by atoms with E-state index in [0.717, 1.165) is 12.8 Å². The lowest BCUT2D eigenvalue weighted by Gasteiger charge is -2.26. The van der Waals surface area contributed by atoms with Crippen LogP contribution >= 0.6 is 0 Å². The van der Waals surface area contributed by atoms with Crippen LogP contribution in [0.4, 0.5) is 0 Å². The van der Waals surface area contributed by atoms with Crippen LogP contribution in [0.1, 0.15) is 111 Å². The van der Waals surface area contributed by atoms with E-state index in [1.165, 1.54) is 57.8 Å². The maximum atomic E-state index is 12.3. The number of hydroxylamine groups is 2. The highest BCUT2D eigenvalue weighted by molar-refractivity contribution is 5.81. The summed E-state index contributed by atoms with van der Waals surface area (Å²) in [5.41, 5.74) is 0. The minimum absolute atomic E-state index is 0.174.